The molecule has 5 nitrogen and oxygen atoms in total. The Labute approximate surface area is 125 Å². The number of nitrogens with one attached hydrogen (secondary N) is 1. The van der Waals surface area contributed by atoms with Gasteiger partial charge in [0.2, 0.25) is 0 Å². The van der Waals surface area contributed by atoms with Gasteiger partial charge in [-0.2, -0.15) is 0 Å². The molecule has 1 amide bonds. The Morgan fingerprint density at radius 1 is 1.52 bits per heavy atom. The Morgan fingerprint density at radius 2 is 2.38 bits per heavy atom. The molecule has 0 aromatic carbocycles. The topological polar surface area (TPSA) is 54.5 Å². The van der Waals surface area contributed by atoms with Crippen LogP contribution in [0.15, 0.2) is 24.5 Å². The molecule has 0 aliphatic carbocycles. The summed E-state index contributed by atoms with van der Waals surface area (Å²) in [5.74, 6) is 0.909. The van der Waals surface area contributed by atoms with Gasteiger partial charge in [0, 0.05) is 49.9 Å². The number of pyridine rings is 1. The lowest BCUT2D eigenvalue weighted by Gasteiger charge is -2.22. The maximum atomic E-state index is 12.1. The fourth-order valence-electron chi connectivity index (χ4n) is 3.28. The summed E-state index contributed by atoms with van der Waals surface area (Å²) in [6.07, 6.45) is 3.61. The van der Waals surface area contributed by atoms with Crippen molar-refractivity contribution in [3.63, 3.8) is 0 Å². The predicted molar refractivity (Wildman–Crippen MR) is 80.0 cm³/mol. The Morgan fingerprint density at radius 3 is 3.10 bits per heavy atom. The lowest BCUT2D eigenvalue weighted by atomic mass is 9.93. The summed E-state index contributed by atoms with van der Waals surface area (Å²) < 4.78 is 5.90. The third-order valence-electron chi connectivity index (χ3n) is 4.65. The normalized spacial score (nSPS) is 28.8. The second-order valence-corrected chi connectivity index (χ2v) is 6.30. The first kappa shape index (κ1) is 14.5. The number of hydrogen-bond donors (Lipinski definition) is 1. The Bertz CT molecular complexity index is 492. The smallest absolute Gasteiger partial charge is 0.252 e. The van der Waals surface area contributed by atoms with E-state index in [2.05, 4.69) is 29.0 Å². The van der Waals surface area contributed by atoms with E-state index >= 15 is 0 Å². The maximum Gasteiger partial charge on any atom is 0.252 e. The molecule has 5 heteroatoms. The van der Waals surface area contributed by atoms with Crippen molar-refractivity contribution in [2.75, 3.05) is 26.2 Å². The summed E-state index contributed by atoms with van der Waals surface area (Å²) in [5.41, 5.74) is 0.614. The standard InChI is InChI=1S/C16H23N3O2/c1-11(2)19-8-14-13(10-21-15(14)9-19)7-18-16(20)12-4-3-5-17-6-12/h3-6,11,13-15H,7-10H2,1-2H3,(H,18,20)/t13-,14+,15+/m0/s1. The van der Waals surface area contributed by atoms with Crippen LogP contribution in [0.3, 0.4) is 0 Å². The zero-order valence-corrected chi connectivity index (χ0v) is 12.7. The molecule has 2 aliphatic heterocycles. The van der Waals surface area contributed by atoms with Gasteiger partial charge < -0.3 is 10.1 Å². The quantitative estimate of drug-likeness (QED) is 0.904. The first-order valence-corrected chi connectivity index (χ1v) is 7.69. The van der Waals surface area contributed by atoms with E-state index in [9.17, 15) is 4.79 Å². The van der Waals surface area contributed by atoms with Crippen molar-refractivity contribution in [3.8, 4) is 0 Å². The van der Waals surface area contributed by atoms with Gasteiger partial charge in [0.05, 0.1) is 18.3 Å². The second kappa shape index (κ2) is 6.12. The largest absolute Gasteiger partial charge is 0.376 e. The number of carbonyl (C=O) groups excluding carboxylic acids is 1. The third-order valence-corrected chi connectivity index (χ3v) is 4.65. The first-order valence-electron chi connectivity index (χ1n) is 7.69. The minimum Gasteiger partial charge on any atom is -0.376 e. The molecule has 0 saturated carbocycles. The highest BCUT2D eigenvalue weighted by atomic mass is 16.5. The van der Waals surface area contributed by atoms with Crippen molar-refractivity contribution >= 4 is 5.91 Å². The number of aromatic nitrogens is 1. The number of carbonyl (C=O) groups is 1. The molecule has 3 heterocycles. The van der Waals surface area contributed by atoms with Crippen LogP contribution in [0, 0.1) is 11.8 Å². The van der Waals surface area contributed by atoms with E-state index in [1.54, 1.807) is 24.5 Å². The van der Waals surface area contributed by atoms with Crippen LogP contribution in [-0.4, -0.2) is 54.2 Å². The van der Waals surface area contributed by atoms with Crippen LogP contribution in [0.4, 0.5) is 0 Å². The van der Waals surface area contributed by atoms with E-state index in [1.165, 1.54) is 0 Å². The molecule has 1 aromatic heterocycles. The fraction of sp³-hybridized carbons (Fsp3) is 0.625. The molecule has 21 heavy (non-hydrogen) atoms. The number of fused-ring (bicyclic) bond motifs is 1. The number of ether oxygens (including phenoxy) is 1. The van der Waals surface area contributed by atoms with Crippen LogP contribution < -0.4 is 5.32 Å². The van der Waals surface area contributed by atoms with Crippen LogP contribution in [0.5, 0.6) is 0 Å². The molecule has 0 unspecified atom stereocenters. The van der Waals surface area contributed by atoms with Crippen molar-refractivity contribution in [2.24, 2.45) is 11.8 Å². The van der Waals surface area contributed by atoms with Crippen molar-refractivity contribution in [1.29, 1.82) is 0 Å². The predicted octanol–water partition coefficient (Wildman–Crippen LogP) is 1.17. The van der Waals surface area contributed by atoms with E-state index in [-0.39, 0.29) is 5.91 Å². The van der Waals surface area contributed by atoms with Crippen molar-refractivity contribution in [1.82, 2.24) is 15.2 Å². The number of rotatable bonds is 4. The molecule has 0 radical (unpaired) electrons. The highest BCUT2D eigenvalue weighted by Gasteiger charge is 2.44. The van der Waals surface area contributed by atoms with E-state index in [0.29, 0.717) is 36.1 Å². The molecule has 2 aliphatic rings. The van der Waals surface area contributed by atoms with E-state index in [4.69, 9.17) is 4.74 Å². The van der Waals surface area contributed by atoms with Crippen LogP contribution in [0.25, 0.3) is 0 Å². The van der Waals surface area contributed by atoms with Gasteiger partial charge >= 0.3 is 0 Å². The lowest BCUT2D eigenvalue weighted by molar-refractivity contribution is 0.0876. The Balaban J connectivity index is 1.53. The molecular formula is C16H23N3O2. The molecule has 114 valence electrons. The van der Waals surface area contributed by atoms with Crippen LogP contribution in [-0.2, 0) is 4.74 Å². The molecule has 0 spiro atoms. The van der Waals surface area contributed by atoms with Crippen molar-refractivity contribution in [3.05, 3.63) is 30.1 Å². The van der Waals surface area contributed by atoms with Gasteiger partial charge in [-0.05, 0) is 26.0 Å². The van der Waals surface area contributed by atoms with Crippen molar-refractivity contribution < 1.29 is 9.53 Å². The van der Waals surface area contributed by atoms with Gasteiger partial charge in [0.1, 0.15) is 0 Å². The van der Waals surface area contributed by atoms with Gasteiger partial charge in [-0.3, -0.25) is 14.7 Å². The zero-order valence-electron chi connectivity index (χ0n) is 12.7. The molecule has 3 atom stereocenters. The number of nitrogens with zero attached hydrogens (tertiary/aromatic N) is 2. The average molecular weight is 289 g/mol. The minimum atomic E-state index is -0.0507. The zero-order chi connectivity index (χ0) is 14.8. The van der Waals surface area contributed by atoms with Gasteiger partial charge in [-0.15, -0.1) is 0 Å². The minimum absolute atomic E-state index is 0.0507. The summed E-state index contributed by atoms with van der Waals surface area (Å²) >= 11 is 0. The third kappa shape index (κ3) is 3.09. The molecule has 2 fully saturated rings. The Kier molecular flexibility index (Phi) is 4.22. The average Bonchev–Trinajstić information content (AvgIpc) is 3.06. The SMILES string of the molecule is CC(C)N1C[C@@H]2[C@@H](CNC(=O)c3cccnc3)CO[C@@H]2C1. The molecule has 3 rings (SSSR count). The van der Waals surface area contributed by atoms with Gasteiger partial charge in [0.15, 0.2) is 0 Å². The summed E-state index contributed by atoms with van der Waals surface area (Å²) in [6, 6.07) is 4.12. The first-order chi connectivity index (χ1) is 10.1. The highest BCUT2D eigenvalue weighted by Crippen LogP contribution is 2.34. The van der Waals surface area contributed by atoms with E-state index in [0.717, 1.165) is 19.7 Å². The van der Waals surface area contributed by atoms with Gasteiger partial charge in [-0.25, -0.2) is 0 Å². The lowest BCUT2D eigenvalue weighted by Crippen LogP contribution is -2.35. The fourth-order valence-corrected chi connectivity index (χ4v) is 3.28. The molecule has 0 bridgehead atoms. The van der Waals surface area contributed by atoms with E-state index in [1.807, 2.05) is 0 Å². The second-order valence-electron chi connectivity index (χ2n) is 6.30. The van der Waals surface area contributed by atoms with Crippen LogP contribution >= 0.6 is 0 Å². The Hall–Kier alpha value is -1.46. The number of hydrogen-bond acceptors (Lipinski definition) is 4. The summed E-state index contributed by atoms with van der Waals surface area (Å²) in [6.45, 7) is 7.99. The summed E-state index contributed by atoms with van der Waals surface area (Å²) in [5, 5.41) is 3.02. The number of likely N-dealkylation sites (tertiary alicyclic amines) is 1. The molecule has 1 N–H and O–H groups in total. The monoisotopic (exact) mass is 289 g/mol. The van der Waals surface area contributed by atoms with Gasteiger partial charge in [-0.1, -0.05) is 0 Å². The van der Waals surface area contributed by atoms with E-state index < -0.39 is 0 Å². The molecule has 2 saturated heterocycles. The highest BCUT2D eigenvalue weighted by molar-refractivity contribution is 5.93. The molecular weight excluding hydrogens is 266 g/mol. The van der Waals surface area contributed by atoms with Crippen LogP contribution in [0.1, 0.15) is 24.2 Å². The maximum absolute atomic E-state index is 12.1. The summed E-state index contributed by atoms with van der Waals surface area (Å²) in [4.78, 5) is 18.5. The van der Waals surface area contributed by atoms with Crippen LogP contribution in [0.2, 0.25) is 0 Å². The van der Waals surface area contributed by atoms with Gasteiger partial charge in [0.25, 0.3) is 5.91 Å². The molecule has 1 aromatic rings. The summed E-state index contributed by atoms with van der Waals surface area (Å²) in [7, 11) is 0. The number of amides is 1. The van der Waals surface area contributed by atoms with Crippen molar-refractivity contribution in [2.45, 2.75) is 26.0 Å².